The Balaban J connectivity index is 1.87. The normalized spacial score (nSPS) is 21.0. The summed E-state index contributed by atoms with van der Waals surface area (Å²) in [4.78, 5) is 13.5. The average Bonchev–Trinajstić information content (AvgIpc) is 2.59. The molecule has 1 fully saturated rings. The summed E-state index contributed by atoms with van der Waals surface area (Å²) in [5, 5.41) is 0. The van der Waals surface area contributed by atoms with Crippen molar-refractivity contribution >= 4 is 5.91 Å². The Hall–Kier alpha value is -1.31. The monoisotopic (exact) mass is 203 g/mol. The standard InChI is InChI=1S/C13H17NO/c1-14-10-9-12(13(14)15)8-7-11-5-3-2-4-6-11/h2-6,12H,7-10H2,1H3. The van der Waals surface area contributed by atoms with Gasteiger partial charge in [-0.2, -0.15) is 0 Å². The summed E-state index contributed by atoms with van der Waals surface area (Å²) in [5.74, 6) is 0.584. The third kappa shape index (κ3) is 2.38. The number of hydrogen-bond acceptors (Lipinski definition) is 1. The molecule has 1 aliphatic heterocycles. The van der Waals surface area contributed by atoms with Crippen molar-refractivity contribution in [1.82, 2.24) is 4.90 Å². The Bertz CT molecular complexity index is 334. The zero-order valence-electron chi connectivity index (χ0n) is 9.15. The number of carbonyl (C=O) groups excluding carboxylic acids is 1. The van der Waals surface area contributed by atoms with Gasteiger partial charge in [-0.05, 0) is 24.8 Å². The smallest absolute Gasteiger partial charge is 0.225 e. The molecular formula is C13H17NO. The molecule has 0 spiro atoms. The first kappa shape index (κ1) is 10.2. The molecular weight excluding hydrogens is 186 g/mol. The van der Waals surface area contributed by atoms with Gasteiger partial charge in [-0.1, -0.05) is 30.3 Å². The lowest BCUT2D eigenvalue weighted by Crippen LogP contribution is -2.22. The van der Waals surface area contributed by atoms with Crippen molar-refractivity contribution in [2.24, 2.45) is 5.92 Å². The highest BCUT2D eigenvalue weighted by Gasteiger charge is 2.28. The van der Waals surface area contributed by atoms with E-state index >= 15 is 0 Å². The number of hydrogen-bond donors (Lipinski definition) is 0. The maximum absolute atomic E-state index is 11.7. The molecule has 0 N–H and O–H groups in total. The van der Waals surface area contributed by atoms with Crippen LogP contribution in [0.1, 0.15) is 18.4 Å². The topological polar surface area (TPSA) is 20.3 Å². The summed E-state index contributed by atoms with van der Waals surface area (Å²) < 4.78 is 0. The fourth-order valence-electron chi connectivity index (χ4n) is 2.15. The van der Waals surface area contributed by atoms with Crippen molar-refractivity contribution in [2.45, 2.75) is 19.3 Å². The molecule has 1 amide bonds. The van der Waals surface area contributed by atoms with Crippen molar-refractivity contribution in [3.63, 3.8) is 0 Å². The molecule has 1 aromatic rings. The molecule has 0 saturated carbocycles. The van der Waals surface area contributed by atoms with Crippen LogP contribution in [0.25, 0.3) is 0 Å². The largest absolute Gasteiger partial charge is 0.345 e. The zero-order chi connectivity index (χ0) is 10.7. The minimum absolute atomic E-state index is 0.259. The van der Waals surface area contributed by atoms with E-state index in [0.717, 1.165) is 25.8 Å². The Morgan fingerprint density at radius 2 is 2.07 bits per heavy atom. The molecule has 2 nitrogen and oxygen atoms in total. The maximum Gasteiger partial charge on any atom is 0.225 e. The SMILES string of the molecule is CN1CCC(CCc2ccccc2)C1=O. The maximum atomic E-state index is 11.7. The molecule has 0 aliphatic carbocycles. The molecule has 2 heteroatoms. The molecule has 0 aromatic heterocycles. The van der Waals surface area contributed by atoms with Crippen LogP contribution in [0, 0.1) is 5.92 Å². The van der Waals surface area contributed by atoms with E-state index in [4.69, 9.17) is 0 Å². The van der Waals surface area contributed by atoms with Gasteiger partial charge in [0, 0.05) is 19.5 Å². The van der Waals surface area contributed by atoms with Crippen molar-refractivity contribution in [3.8, 4) is 0 Å². The van der Waals surface area contributed by atoms with E-state index in [1.165, 1.54) is 5.56 Å². The summed E-state index contributed by atoms with van der Waals surface area (Å²) in [7, 11) is 1.89. The van der Waals surface area contributed by atoms with Crippen molar-refractivity contribution < 1.29 is 4.79 Å². The number of aryl methyl sites for hydroxylation is 1. The second-order valence-electron chi connectivity index (χ2n) is 4.27. The summed E-state index contributed by atoms with van der Waals surface area (Å²) in [6, 6.07) is 10.4. The van der Waals surface area contributed by atoms with Crippen LogP contribution in [0.5, 0.6) is 0 Å². The second-order valence-corrected chi connectivity index (χ2v) is 4.27. The predicted molar refractivity (Wildman–Crippen MR) is 60.5 cm³/mol. The van der Waals surface area contributed by atoms with E-state index in [2.05, 4.69) is 24.3 Å². The van der Waals surface area contributed by atoms with E-state index < -0.39 is 0 Å². The van der Waals surface area contributed by atoms with Crippen LogP contribution in [-0.2, 0) is 11.2 Å². The lowest BCUT2D eigenvalue weighted by Gasteiger charge is -2.09. The van der Waals surface area contributed by atoms with E-state index in [1.54, 1.807) is 0 Å². The van der Waals surface area contributed by atoms with Crippen LogP contribution in [0.2, 0.25) is 0 Å². The minimum atomic E-state index is 0.259. The minimum Gasteiger partial charge on any atom is -0.345 e. The Morgan fingerprint density at radius 1 is 1.33 bits per heavy atom. The fraction of sp³-hybridized carbons (Fsp3) is 0.462. The van der Waals surface area contributed by atoms with Crippen LogP contribution in [0.15, 0.2) is 30.3 Å². The van der Waals surface area contributed by atoms with Gasteiger partial charge in [-0.15, -0.1) is 0 Å². The van der Waals surface area contributed by atoms with Crippen LogP contribution in [0.4, 0.5) is 0 Å². The van der Waals surface area contributed by atoms with Crippen LogP contribution in [0.3, 0.4) is 0 Å². The van der Waals surface area contributed by atoms with Crippen LogP contribution in [-0.4, -0.2) is 24.4 Å². The van der Waals surface area contributed by atoms with Crippen molar-refractivity contribution in [2.75, 3.05) is 13.6 Å². The quantitative estimate of drug-likeness (QED) is 0.736. The number of likely N-dealkylation sites (tertiary alicyclic amines) is 1. The van der Waals surface area contributed by atoms with Gasteiger partial charge in [0.25, 0.3) is 0 Å². The number of nitrogens with zero attached hydrogens (tertiary/aromatic N) is 1. The third-order valence-electron chi connectivity index (χ3n) is 3.16. The van der Waals surface area contributed by atoms with E-state index in [9.17, 15) is 4.79 Å². The van der Waals surface area contributed by atoms with Gasteiger partial charge in [-0.25, -0.2) is 0 Å². The summed E-state index contributed by atoms with van der Waals surface area (Å²) in [6.45, 7) is 0.929. The molecule has 80 valence electrons. The molecule has 2 rings (SSSR count). The molecule has 1 aromatic carbocycles. The molecule has 15 heavy (non-hydrogen) atoms. The van der Waals surface area contributed by atoms with Gasteiger partial charge < -0.3 is 4.90 Å². The average molecular weight is 203 g/mol. The summed E-state index contributed by atoms with van der Waals surface area (Å²) >= 11 is 0. The molecule has 1 atom stereocenters. The summed E-state index contributed by atoms with van der Waals surface area (Å²) in [5.41, 5.74) is 1.33. The molecule has 1 heterocycles. The Kier molecular flexibility index (Phi) is 3.05. The Morgan fingerprint density at radius 3 is 2.67 bits per heavy atom. The molecule has 1 aliphatic rings. The van der Waals surface area contributed by atoms with E-state index in [-0.39, 0.29) is 5.92 Å². The first-order valence-corrected chi connectivity index (χ1v) is 5.56. The lowest BCUT2D eigenvalue weighted by atomic mass is 9.98. The zero-order valence-corrected chi connectivity index (χ0v) is 9.15. The van der Waals surface area contributed by atoms with Crippen molar-refractivity contribution in [1.29, 1.82) is 0 Å². The first-order chi connectivity index (χ1) is 7.27. The van der Waals surface area contributed by atoms with E-state index in [1.807, 2.05) is 18.0 Å². The lowest BCUT2D eigenvalue weighted by molar-refractivity contribution is -0.129. The van der Waals surface area contributed by atoms with Gasteiger partial charge in [0.1, 0.15) is 0 Å². The molecule has 0 bridgehead atoms. The van der Waals surface area contributed by atoms with Crippen LogP contribution >= 0.6 is 0 Å². The van der Waals surface area contributed by atoms with Gasteiger partial charge >= 0.3 is 0 Å². The number of benzene rings is 1. The van der Waals surface area contributed by atoms with Crippen molar-refractivity contribution in [3.05, 3.63) is 35.9 Å². The predicted octanol–water partition coefficient (Wildman–Crippen LogP) is 2.10. The van der Waals surface area contributed by atoms with Gasteiger partial charge in [0.2, 0.25) is 5.91 Å². The highest BCUT2D eigenvalue weighted by molar-refractivity contribution is 5.80. The second kappa shape index (κ2) is 4.47. The number of rotatable bonds is 3. The van der Waals surface area contributed by atoms with Crippen LogP contribution < -0.4 is 0 Å². The number of carbonyl (C=O) groups is 1. The third-order valence-corrected chi connectivity index (χ3v) is 3.16. The first-order valence-electron chi connectivity index (χ1n) is 5.56. The summed E-state index contributed by atoms with van der Waals surface area (Å²) in [6.07, 6.45) is 3.04. The van der Waals surface area contributed by atoms with Gasteiger partial charge in [0.15, 0.2) is 0 Å². The van der Waals surface area contributed by atoms with E-state index in [0.29, 0.717) is 5.91 Å². The molecule has 0 radical (unpaired) electrons. The van der Waals surface area contributed by atoms with Gasteiger partial charge in [-0.3, -0.25) is 4.79 Å². The highest BCUT2D eigenvalue weighted by atomic mass is 16.2. The Labute approximate surface area is 90.9 Å². The number of amides is 1. The van der Waals surface area contributed by atoms with Gasteiger partial charge in [0.05, 0.1) is 0 Å². The molecule has 1 unspecified atom stereocenters. The fourth-order valence-corrected chi connectivity index (χ4v) is 2.15. The highest BCUT2D eigenvalue weighted by Crippen LogP contribution is 2.21. The molecule has 1 saturated heterocycles.